The van der Waals surface area contributed by atoms with Gasteiger partial charge in [0.1, 0.15) is 6.79 Å². The molecule has 0 unspecified atom stereocenters. The molecule has 2 aliphatic rings. The van der Waals surface area contributed by atoms with Crippen LogP contribution >= 0.6 is 11.3 Å². The lowest BCUT2D eigenvalue weighted by atomic mass is 9.82. The van der Waals surface area contributed by atoms with E-state index in [2.05, 4.69) is 6.92 Å². The van der Waals surface area contributed by atoms with Crippen molar-refractivity contribution in [2.75, 3.05) is 24.9 Å². The van der Waals surface area contributed by atoms with E-state index in [1.54, 1.807) is 4.90 Å². The van der Waals surface area contributed by atoms with Crippen LogP contribution in [0.4, 0.5) is 10.5 Å². The van der Waals surface area contributed by atoms with Gasteiger partial charge in [0.05, 0.1) is 24.9 Å². The number of ether oxygens (including phenoxy) is 3. The lowest BCUT2D eigenvalue weighted by molar-refractivity contribution is -0.131. The summed E-state index contributed by atoms with van der Waals surface area (Å²) in [6, 6.07) is 11.2. The maximum Gasteiger partial charge on any atom is 0.512 e. The van der Waals surface area contributed by atoms with Crippen LogP contribution in [0.5, 0.6) is 5.06 Å². The fraction of sp³-hybridized carbons (Fsp3) is 0.478. The first-order valence-electron chi connectivity index (χ1n) is 10.6. The molecule has 1 aromatic carbocycles. The molecule has 1 aliphatic heterocycles. The molecule has 166 valence electrons. The molecule has 1 amide bonds. The summed E-state index contributed by atoms with van der Waals surface area (Å²) in [5.74, 6) is 0.505. The number of benzene rings is 1. The predicted octanol–water partition coefficient (Wildman–Crippen LogP) is 5.00. The van der Waals surface area contributed by atoms with Crippen LogP contribution in [0.25, 0.3) is 10.4 Å². The standard InChI is InChI=1S/C23H27NO6S/c1-15-7-9-17(10-8-15)21(25)24(18-12-28-14-29-13-18)19-11-20(16-5-3-2-4-6-16)31-22(19)30-23(26)27/h2-6,11,15,17-18H,7-10,12-14H2,1H3,(H,26,27). The Morgan fingerprint density at radius 3 is 2.42 bits per heavy atom. The Balaban J connectivity index is 1.73. The second-order valence-electron chi connectivity index (χ2n) is 8.20. The molecule has 4 rings (SSSR count). The molecule has 2 fully saturated rings. The Kier molecular flexibility index (Phi) is 6.89. The monoisotopic (exact) mass is 445 g/mol. The van der Waals surface area contributed by atoms with Crippen molar-refractivity contribution in [3.8, 4) is 15.5 Å². The summed E-state index contributed by atoms with van der Waals surface area (Å²) in [6.07, 6.45) is 2.28. The van der Waals surface area contributed by atoms with Gasteiger partial charge in [0.2, 0.25) is 11.0 Å². The summed E-state index contributed by atoms with van der Waals surface area (Å²) in [4.78, 5) is 27.6. The van der Waals surface area contributed by atoms with Crippen LogP contribution in [0.1, 0.15) is 32.6 Å². The van der Waals surface area contributed by atoms with Gasteiger partial charge >= 0.3 is 6.16 Å². The highest BCUT2D eigenvalue weighted by Gasteiger charge is 2.37. The first-order valence-corrected chi connectivity index (χ1v) is 11.4. The number of thiophene rings is 1. The van der Waals surface area contributed by atoms with E-state index in [1.165, 1.54) is 11.3 Å². The van der Waals surface area contributed by atoms with Gasteiger partial charge in [-0.1, -0.05) is 48.6 Å². The number of amides is 1. The van der Waals surface area contributed by atoms with Crippen LogP contribution < -0.4 is 9.64 Å². The minimum atomic E-state index is -1.40. The maximum absolute atomic E-state index is 13.7. The summed E-state index contributed by atoms with van der Waals surface area (Å²) in [7, 11) is 0. The Morgan fingerprint density at radius 1 is 1.10 bits per heavy atom. The van der Waals surface area contributed by atoms with Crippen LogP contribution in [0.15, 0.2) is 36.4 Å². The molecule has 0 atom stereocenters. The molecule has 0 radical (unpaired) electrons. The first kappa shape index (κ1) is 21.8. The number of nitrogens with zero attached hydrogens (tertiary/aromatic N) is 1. The highest BCUT2D eigenvalue weighted by atomic mass is 32.1. The Bertz CT molecular complexity index is 900. The third-order valence-corrected chi connectivity index (χ3v) is 6.98. The van der Waals surface area contributed by atoms with Gasteiger partial charge in [-0.15, -0.1) is 0 Å². The van der Waals surface area contributed by atoms with Crippen molar-refractivity contribution in [2.24, 2.45) is 11.8 Å². The van der Waals surface area contributed by atoms with E-state index < -0.39 is 6.16 Å². The zero-order valence-electron chi connectivity index (χ0n) is 17.5. The molecule has 8 heteroatoms. The number of rotatable bonds is 5. The van der Waals surface area contributed by atoms with Crippen molar-refractivity contribution in [1.29, 1.82) is 0 Å². The molecule has 1 aromatic heterocycles. The SMILES string of the molecule is CC1CCC(C(=O)N(c2cc(-c3ccccc3)sc2OC(=O)O)C2COCOC2)CC1. The van der Waals surface area contributed by atoms with Gasteiger partial charge in [0.25, 0.3) is 0 Å². The van der Waals surface area contributed by atoms with Gasteiger partial charge < -0.3 is 24.2 Å². The van der Waals surface area contributed by atoms with E-state index in [4.69, 9.17) is 14.2 Å². The van der Waals surface area contributed by atoms with Gasteiger partial charge in [0, 0.05) is 10.8 Å². The Hall–Kier alpha value is -2.42. The third kappa shape index (κ3) is 5.08. The molecule has 1 N–H and O–H groups in total. The minimum absolute atomic E-state index is 0.0151. The smallest absolute Gasteiger partial charge is 0.449 e. The molecular formula is C23H27NO6S. The molecule has 2 heterocycles. The fourth-order valence-corrected chi connectivity index (χ4v) is 5.25. The lowest BCUT2D eigenvalue weighted by Crippen LogP contribution is -2.50. The second-order valence-corrected chi connectivity index (χ2v) is 9.21. The molecular weight excluding hydrogens is 418 g/mol. The minimum Gasteiger partial charge on any atom is -0.449 e. The average molecular weight is 446 g/mol. The summed E-state index contributed by atoms with van der Waals surface area (Å²) >= 11 is 1.22. The highest BCUT2D eigenvalue weighted by molar-refractivity contribution is 7.18. The normalized spacial score (nSPS) is 22.1. The number of carbonyl (C=O) groups excluding carboxylic acids is 1. The van der Waals surface area contributed by atoms with Crippen molar-refractivity contribution < 1.29 is 28.9 Å². The zero-order chi connectivity index (χ0) is 21.8. The number of carboxylic acid groups (broad SMARTS) is 1. The van der Waals surface area contributed by atoms with E-state index in [0.29, 0.717) is 24.8 Å². The van der Waals surface area contributed by atoms with E-state index >= 15 is 0 Å². The molecule has 7 nitrogen and oxygen atoms in total. The van der Waals surface area contributed by atoms with E-state index in [1.807, 2.05) is 36.4 Å². The van der Waals surface area contributed by atoms with E-state index in [-0.39, 0.29) is 29.7 Å². The van der Waals surface area contributed by atoms with Gasteiger partial charge in [-0.05, 0) is 43.2 Å². The highest BCUT2D eigenvalue weighted by Crippen LogP contribution is 2.45. The van der Waals surface area contributed by atoms with Crippen molar-refractivity contribution in [3.05, 3.63) is 36.4 Å². The van der Waals surface area contributed by atoms with Crippen LogP contribution in [0, 0.1) is 11.8 Å². The van der Waals surface area contributed by atoms with Crippen molar-refractivity contribution in [3.63, 3.8) is 0 Å². The molecule has 31 heavy (non-hydrogen) atoms. The summed E-state index contributed by atoms with van der Waals surface area (Å²) in [5.41, 5.74) is 1.40. The van der Waals surface area contributed by atoms with Crippen LogP contribution in [-0.4, -0.2) is 43.2 Å². The van der Waals surface area contributed by atoms with Gasteiger partial charge in [0.15, 0.2) is 0 Å². The molecule has 0 spiro atoms. The topological polar surface area (TPSA) is 85.3 Å². The summed E-state index contributed by atoms with van der Waals surface area (Å²) in [5, 5.41) is 9.50. The van der Waals surface area contributed by atoms with Crippen molar-refractivity contribution in [1.82, 2.24) is 0 Å². The van der Waals surface area contributed by atoms with Crippen LogP contribution in [0.2, 0.25) is 0 Å². The third-order valence-electron chi connectivity index (χ3n) is 5.93. The average Bonchev–Trinajstić information content (AvgIpc) is 3.18. The van der Waals surface area contributed by atoms with Crippen LogP contribution in [0.3, 0.4) is 0 Å². The first-order chi connectivity index (χ1) is 15.0. The second kappa shape index (κ2) is 9.80. The maximum atomic E-state index is 13.7. The van der Waals surface area contributed by atoms with Gasteiger partial charge in [-0.3, -0.25) is 4.79 Å². The largest absolute Gasteiger partial charge is 0.512 e. The molecule has 1 aliphatic carbocycles. The molecule has 2 aromatic rings. The number of anilines is 1. The quantitative estimate of drug-likeness (QED) is 0.652. The van der Waals surface area contributed by atoms with E-state index in [9.17, 15) is 14.7 Å². The summed E-state index contributed by atoms with van der Waals surface area (Å²) < 4.78 is 16.1. The molecule has 1 saturated carbocycles. The van der Waals surface area contributed by atoms with Gasteiger partial charge in [-0.25, -0.2) is 4.79 Å². The van der Waals surface area contributed by atoms with E-state index in [0.717, 1.165) is 36.1 Å². The number of carbonyl (C=O) groups is 2. The lowest BCUT2D eigenvalue weighted by Gasteiger charge is -2.37. The molecule has 0 bridgehead atoms. The fourth-order valence-electron chi connectivity index (χ4n) is 4.25. The van der Waals surface area contributed by atoms with Crippen LogP contribution in [-0.2, 0) is 14.3 Å². The van der Waals surface area contributed by atoms with Crippen molar-refractivity contribution >= 4 is 29.1 Å². The number of hydrogen-bond donors (Lipinski definition) is 1. The Morgan fingerprint density at radius 2 is 1.77 bits per heavy atom. The predicted molar refractivity (Wildman–Crippen MR) is 118 cm³/mol. The van der Waals surface area contributed by atoms with Crippen molar-refractivity contribution in [2.45, 2.75) is 38.6 Å². The Labute approximate surface area is 185 Å². The number of hydrogen-bond acceptors (Lipinski definition) is 6. The summed E-state index contributed by atoms with van der Waals surface area (Å²) in [6.45, 7) is 3.07. The van der Waals surface area contributed by atoms with Gasteiger partial charge in [-0.2, -0.15) is 0 Å². The zero-order valence-corrected chi connectivity index (χ0v) is 18.3. The molecule has 1 saturated heterocycles.